The standard InChI is InChI=1S/C13H21N3O4/c1-3-6-14-11(17)8(2)15-13(20)16-10-5-4-9(7-10)12(18)19/h4-5,8-10H,3,6-7H2,1-2H3,(H,14,17)(H,18,19)(H2,15,16,20). The molecule has 1 aliphatic rings. The minimum atomic E-state index is -0.904. The van der Waals surface area contributed by atoms with Gasteiger partial charge in [0.25, 0.3) is 0 Å². The van der Waals surface area contributed by atoms with Crippen molar-refractivity contribution in [2.45, 2.75) is 38.8 Å². The molecule has 0 aromatic carbocycles. The van der Waals surface area contributed by atoms with E-state index < -0.39 is 24.0 Å². The van der Waals surface area contributed by atoms with Gasteiger partial charge in [0.2, 0.25) is 5.91 Å². The molecule has 0 fully saturated rings. The van der Waals surface area contributed by atoms with E-state index in [-0.39, 0.29) is 11.9 Å². The van der Waals surface area contributed by atoms with Gasteiger partial charge in [-0.05, 0) is 19.8 Å². The number of nitrogens with one attached hydrogen (secondary N) is 3. The first-order valence-corrected chi connectivity index (χ1v) is 6.70. The number of carboxylic acids is 1. The number of carbonyl (C=O) groups is 3. The van der Waals surface area contributed by atoms with Crippen molar-refractivity contribution in [3.8, 4) is 0 Å². The molecule has 3 atom stereocenters. The van der Waals surface area contributed by atoms with Gasteiger partial charge in [-0.2, -0.15) is 0 Å². The predicted octanol–water partition coefficient (Wildman–Crippen LogP) is 0.230. The molecule has 0 aliphatic heterocycles. The second-order valence-corrected chi connectivity index (χ2v) is 4.80. The molecular weight excluding hydrogens is 262 g/mol. The zero-order valence-electron chi connectivity index (χ0n) is 11.7. The Kier molecular flexibility index (Phi) is 6.02. The molecule has 3 unspecified atom stereocenters. The SMILES string of the molecule is CCCNC(=O)C(C)NC(=O)NC1C=CC(C(=O)O)C1. The highest BCUT2D eigenvalue weighted by atomic mass is 16.4. The van der Waals surface area contributed by atoms with Crippen LogP contribution >= 0.6 is 0 Å². The quantitative estimate of drug-likeness (QED) is 0.523. The zero-order valence-corrected chi connectivity index (χ0v) is 11.7. The van der Waals surface area contributed by atoms with Crippen molar-refractivity contribution in [1.29, 1.82) is 0 Å². The molecule has 7 heteroatoms. The maximum atomic E-state index is 11.7. The number of carbonyl (C=O) groups excluding carboxylic acids is 2. The van der Waals surface area contributed by atoms with Gasteiger partial charge in [-0.25, -0.2) is 4.79 Å². The molecule has 0 aromatic heterocycles. The third kappa shape index (κ3) is 4.91. The highest BCUT2D eigenvalue weighted by Gasteiger charge is 2.26. The Morgan fingerprint density at radius 3 is 2.60 bits per heavy atom. The molecule has 0 aromatic rings. The third-order valence-corrected chi connectivity index (χ3v) is 3.01. The molecule has 112 valence electrons. The van der Waals surface area contributed by atoms with E-state index in [1.165, 1.54) is 0 Å². The van der Waals surface area contributed by atoms with Crippen molar-refractivity contribution in [3.63, 3.8) is 0 Å². The Morgan fingerprint density at radius 2 is 2.05 bits per heavy atom. The summed E-state index contributed by atoms with van der Waals surface area (Å²) in [4.78, 5) is 34.0. The molecule has 7 nitrogen and oxygen atoms in total. The van der Waals surface area contributed by atoms with Crippen LogP contribution in [0, 0.1) is 5.92 Å². The lowest BCUT2D eigenvalue weighted by atomic mass is 10.1. The molecule has 0 radical (unpaired) electrons. The first kappa shape index (κ1) is 16.0. The summed E-state index contributed by atoms with van der Waals surface area (Å²) in [6, 6.07) is -1.44. The van der Waals surface area contributed by atoms with E-state index in [0.29, 0.717) is 13.0 Å². The van der Waals surface area contributed by atoms with Crippen molar-refractivity contribution in [2.24, 2.45) is 5.92 Å². The number of amides is 3. The molecule has 0 saturated carbocycles. The molecule has 3 amide bonds. The molecule has 0 heterocycles. The van der Waals surface area contributed by atoms with Crippen LogP contribution in [0.15, 0.2) is 12.2 Å². The van der Waals surface area contributed by atoms with Crippen LogP contribution in [-0.2, 0) is 9.59 Å². The van der Waals surface area contributed by atoms with Gasteiger partial charge in [0.1, 0.15) is 6.04 Å². The van der Waals surface area contributed by atoms with Crippen LogP contribution in [0.3, 0.4) is 0 Å². The highest BCUT2D eigenvalue weighted by molar-refractivity contribution is 5.86. The van der Waals surface area contributed by atoms with E-state index in [1.807, 2.05) is 6.92 Å². The Bertz CT molecular complexity index is 408. The summed E-state index contributed by atoms with van der Waals surface area (Å²) in [6.07, 6.45) is 4.37. The lowest BCUT2D eigenvalue weighted by Crippen LogP contribution is -2.50. The number of rotatable bonds is 6. The van der Waals surface area contributed by atoms with Gasteiger partial charge in [-0.3, -0.25) is 9.59 Å². The van der Waals surface area contributed by atoms with Crippen molar-refractivity contribution in [3.05, 3.63) is 12.2 Å². The summed E-state index contributed by atoms with van der Waals surface area (Å²) in [7, 11) is 0. The summed E-state index contributed by atoms with van der Waals surface area (Å²) >= 11 is 0. The summed E-state index contributed by atoms with van der Waals surface area (Å²) in [5.74, 6) is -1.71. The van der Waals surface area contributed by atoms with Crippen LogP contribution in [0.25, 0.3) is 0 Å². The summed E-state index contributed by atoms with van der Waals surface area (Å²) in [5.41, 5.74) is 0. The third-order valence-electron chi connectivity index (χ3n) is 3.01. The molecule has 1 aliphatic carbocycles. The van der Waals surface area contributed by atoms with Gasteiger partial charge in [0, 0.05) is 6.54 Å². The Hall–Kier alpha value is -2.05. The number of carboxylic acid groups (broad SMARTS) is 1. The molecule has 0 saturated heterocycles. The average molecular weight is 283 g/mol. The maximum absolute atomic E-state index is 11.7. The number of hydrogen-bond donors (Lipinski definition) is 4. The van der Waals surface area contributed by atoms with E-state index in [0.717, 1.165) is 6.42 Å². The van der Waals surface area contributed by atoms with Gasteiger partial charge in [0.15, 0.2) is 0 Å². The fraction of sp³-hybridized carbons (Fsp3) is 0.615. The van der Waals surface area contributed by atoms with Crippen LogP contribution in [0.5, 0.6) is 0 Å². The van der Waals surface area contributed by atoms with Gasteiger partial charge < -0.3 is 21.1 Å². The van der Waals surface area contributed by atoms with E-state index in [9.17, 15) is 14.4 Å². The maximum Gasteiger partial charge on any atom is 0.315 e. The fourth-order valence-electron chi connectivity index (χ4n) is 1.86. The molecule has 0 spiro atoms. The molecule has 4 N–H and O–H groups in total. The highest BCUT2D eigenvalue weighted by Crippen LogP contribution is 2.17. The van der Waals surface area contributed by atoms with Gasteiger partial charge in [-0.1, -0.05) is 19.1 Å². The monoisotopic (exact) mass is 283 g/mol. The smallest absolute Gasteiger partial charge is 0.315 e. The van der Waals surface area contributed by atoms with E-state index in [1.54, 1.807) is 19.1 Å². The lowest BCUT2D eigenvalue weighted by Gasteiger charge is -2.17. The predicted molar refractivity (Wildman–Crippen MR) is 73.1 cm³/mol. The second kappa shape index (κ2) is 7.52. The topological polar surface area (TPSA) is 108 Å². The number of hydrogen-bond acceptors (Lipinski definition) is 3. The molecule has 1 rings (SSSR count). The first-order valence-electron chi connectivity index (χ1n) is 6.70. The Labute approximate surface area is 117 Å². The lowest BCUT2D eigenvalue weighted by molar-refractivity contribution is -0.140. The van der Waals surface area contributed by atoms with Crippen LogP contribution < -0.4 is 16.0 Å². The van der Waals surface area contributed by atoms with Crippen molar-refractivity contribution in [2.75, 3.05) is 6.54 Å². The van der Waals surface area contributed by atoms with Crippen LogP contribution in [-0.4, -0.2) is 41.6 Å². The van der Waals surface area contributed by atoms with Gasteiger partial charge in [-0.15, -0.1) is 0 Å². The molecule has 20 heavy (non-hydrogen) atoms. The Balaban J connectivity index is 2.32. The van der Waals surface area contributed by atoms with Crippen LogP contribution in [0.4, 0.5) is 4.79 Å². The minimum absolute atomic E-state index is 0.243. The second-order valence-electron chi connectivity index (χ2n) is 4.80. The summed E-state index contributed by atoms with van der Waals surface area (Å²) in [6.45, 7) is 4.10. The zero-order chi connectivity index (χ0) is 15.1. The van der Waals surface area contributed by atoms with Crippen LogP contribution in [0.2, 0.25) is 0 Å². The minimum Gasteiger partial charge on any atom is -0.481 e. The largest absolute Gasteiger partial charge is 0.481 e. The molecular formula is C13H21N3O4. The number of aliphatic carboxylic acids is 1. The van der Waals surface area contributed by atoms with Crippen molar-refractivity contribution in [1.82, 2.24) is 16.0 Å². The van der Waals surface area contributed by atoms with E-state index in [2.05, 4.69) is 16.0 Å². The van der Waals surface area contributed by atoms with Crippen molar-refractivity contribution < 1.29 is 19.5 Å². The number of urea groups is 1. The average Bonchev–Trinajstić information content (AvgIpc) is 2.84. The van der Waals surface area contributed by atoms with E-state index in [4.69, 9.17) is 5.11 Å². The first-order chi connectivity index (χ1) is 9.43. The Morgan fingerprint density at radius 1 is 1.35 bits per heavy atom. The van der Waals surface area contributed by atoms with Gasteiger partial charge in [0.05, 0.1) is 12.0 Å². The van der Waals surface area contributed by atoms with E-state index >= 15 is 0 Å². The van der Waals surface area contributed by atoms with Crippen LogP contribution in [0.1, 0.15) is 26.7 Å². The summed E-state index contributed by atoms with van der Waals surface area (Å²) < 4.78 is 0. The fourth-order valence-corrected chi connectivity index (χ4v) is 1.86. The summed E-state index contributed by atoms with van der Waals surface area (Å²) in [5, 5.41) is 16.7. The van der Waals surface area contributed by atoms with Gasteiger partial charge >= 0.3 is 12.0 Å². The molecule has 0 bridgehead atoms. The normalized spacial score (nSPS) is 22.1. The van der Waals surface area contributed by atoms with Crippen molar-refractivity contribution >= 4 is 17.9 Å².